The standard InChI is InChI=1S/C19H18N2O4/c1-23-16-10-12(11-17(24-2)18(16)25-3)8-9-15(22)19-20-13-6-4-5-7-14(13)21-19/h4-11H,1-3H3,(H,20,21). The molecule has 0 radical (unpaired) electrons. The lowest BCUT2D eigenvalue weighted by Crippen LogP contribution is -1.97. The summed E-state index contributed by atoms with van der Waals surface area (Å²) in [6.45, 7) is 0. The largest absolute Gasteiger partial charge is 0.493 e. The molecule has 25 heavy (non-hydrogen) atoms. The number of hydrogen-bond acceptors (Lipinski definition) is 5. The summed E-state index contributed by atoms with van der Waals surface area (Å²) < 4.78 is 15.9. The fourth-order valence-electron chi connectivity index (χ4n) is 2.52. The highest BCUT2D eigenvalue weighted by atomic mass is 16.5. The number of hydrogen-bond donors (Lipinski definition) is 1. The number of rotatable bonds is 6. The van der Waals surface area contributed by atoms with Gasteiger partial charge in [-0.1, -0.05) is 18.2 Å². The number of ketones is 1. The van der Waals surface area contributed by atoms with Gasteiger partial charge < -0.3 is 19.2 Å². The van der Waals surface area contributed by atoms with E-state index in [9.17, 15) is 4.79 Å². The molecule has 0 saturated heterocycles. The van der Waals surface area contributed by atoms with Gasteiger partial charge in [0, 0.05) is 0 Å². The van der Waals surface area contributed by atoms with Crippen molar-refractivity contribution in [3.63, 3.8) is 0 Å². The Bertz CT molecular complexity index is 885. The van der Waals surface area contributed by atoms with Crippen LogP contribution in [0.5, 0.6) is 17.2 Å². The van der Waals surface area contributed by atoms with Crippen LogP contribution in [0.2, 0.25) is 0 Å². The number of allylic oxidation sites excluding steroid dienone is 1. The van der Waals surface area contributed by atoms with E-state index < -0.39 is 0 Å². The Balaban J connectivity index is 1.89. The van der Waals surface area contributed by atoms with E-state index in [4.69, 9.17) is 14.2 Å². The number of nitrogens with one attached hydrogen (secondary N) is 1. The summed E-state index contributed by atoms with van der Waals surface area (Å²) in [4.78, 5) is 19.7. The summed E-state index contributed by atoms with van der Waals surface area (Å²) in [6, 6.07) is 11.0. The molecule has 0 aliphatic carbocycles. The number of methoxy groups -OCH3 is 3. The van der Waals surface area contributed by atoms with E-state index in [2.05, 4.69) is 9.97 Å². The van der Waals surface area contributed by atoms with Gasteiger partial charge >= 0.3 is 0 Å². The monoisotopic (exact) mass is 338 g/mol. The third-order valence-corrected chi connectivity index (χ3v) is 3.74. The second kappa shape index (κ2) is 7.09. The minimum Gasteiger partial charge on any atom is -0.493 e. The Morgan fingerprint density at radius 3 is 2.32 bits per heavy atom. The molecule has 0 unspecified atom stereocenters. The first-order chi connectivity index (χ1) is 12.2. The molecule has 1 heterocycles. The van der Waals surface area contributed by atoms with Gasteiger partial charge in [0.1, 0.15) is 0 Å². The molecule has 128 valence electrons. The molecule has 0 saturated carbocycles. The van der Waals surface area contributed by atoms with Gasteiger partial charge in [-0.15, -0.1) is 0 Å². The van der Waals surface area contributed by atoms with Crippen LogP contribution in [-0.2, 0) is 0 Å². The fraction of sp³-hybridized carbons (Fsp3) is 0.158. The molecule has 6 nitrogen and oxygen atoms in total. The zero-order chi connectivity index (χ0) is 17.8. The number of carbonyl (C=O) groups is 1. The van der Waals surface area contributed by atoms with E-state index in [1.165, 1.54) is 6.08 Å². The number of fused-ring (bicyclic) bond motifs is 1. The highest BCUT2D eigenvalue weighted by Crippen LogP contribution is 2.38. The van der Waals surface area contributed by atoms with Crippen LogP contribution in [0.1, 0.15) is 16.2 Å². The molecule has 3 rings (SSSR count). The molecule has 0 spiro atoms. The zero-order valence-corrected chi connectivity index (χ0v) is 14.2. The summed E-state index contributed by atoms with van der Waals surface area (Å²) in [5.74, 6) is 1.64. The molecule has 3 aromatic rings. The van der Waals surface area contributed by atoms with Gasteiger partial charge in [-0.3, -0.25) is 4.79 Å². The Hall–Kier alpha value is -3.28. The maximum Gasteiger partial charge on any atom is 0.221 e. The van der Waals surface area contributed by atoms with Crippen LogP contribution in [0.15, 0.2) is 42.5 Å². The first kappa shape index (κ1) is 16.6. The van der Waals surface area contributed by atoms with Crippen LogP contribution < -0.4 is 14.2 Å². The van der Waals surface area contributed by atoms with Crippen LogP contribution in [0.3, 0.4) is 0 Å². The number of ether oxygens (including phenoxy) is 3. The number of para-hydroxylation sites is 2. The number of imidazole rings is 1. The van der Waals surface area contributed by atoms with Gasteiger partial charge in [-0.25, -0.2) is 4.98 Å². The predicted molar refractivity (Wildman–Crippen MR) is 95.6 cm³/mol. The zero-order valence-electron chi connectivity index (χ0n) is 14.2. The molecule has 0 bridgehead atoms. The Morgan fingerprint density at radius 1 is 1.04 bits per heavy atom. The van der Waals surface area contributed by atoms with Crippen LogP contribution in [0, 0.1) is 0 Å². The molecule has 0 atom stereocenters. The lowest BCUT2D eigenvalue weighted by molar-refractivity contribution is 0.103. The number of nitrogens with zero attached hydrogens (tertiary/aromatic N) is 1. The third kappa shape index (κ3) is 3.33. The second-order valence-electron chi connectivity index (χ2n) is 5.26. The van der Waals surface area contributed by atoms with E-state index in [-0.39, 0.29) is 5.78 Å². The van der Waals surface area contributed by atoms with Crippen molar-refractivity contribution in [2.24, 2.45) is 0 Å². The quantitative estimate of drug-likeness (QED) is 0.550. The lowest BCUT2D eigenvalue weighted by Gasteiger charge is -2.12. The van der Waals surface area contributed by atoms with Crippen LogP contribution in [0.4, 0.5) is 0 Å². The number of benzene rings is 2. The first-order valence-corrected chi connectivity index (χ1v) is 7.63. The number of carbonyl (C=O) groups excluding carboxylic acids is 1. The Labute approximate surface area is 145 Å². The van der Waals surface area contributed by atoms with Crippen LogP contribution in [0.25, 0.3) is 17.1 Å². The van der Waals surface area contributed by atoms with Gasteiger partial charge in [0.15, 0.2) is 17.3 Å². The van der Waals surface area contributed by atoms with Gasteiger partial charge in [0.05, 0.1) is 32.4 Å². The molecular formula is C19H18N2O4. The summed E-state index contributed by atoms with van der Waals surface area (Å²) in [7, 11) is 4.63. The van der Waals surface area contributed by atoms with Crippen LogP contribution in [-0.4, -0.2) is 37.1 Å². The molecule has 6 heteroatoms. The Morgan fingerprint density at radius 2 is 1.72 bits per heavy atom. The highest BCUT2D eigenvalue weighted by molar-refractivity contribution is 6.05. The normalized spacial score (nSPS) is 11.0. The predicted octanol–water partition coefficient (Wildman–Crippen LogP) is 3.48. The molecule has 0 aliphatic rings. The summed E-state index contributed by atoms with van der Waals surface area (Å²) in [5.41, 5.74) is 2.33. The molecule has 0 amide bonds. The van der Waals surface area contributed by atoms with E-state index >= 15 is 0 Å². The summed E-state index contributed by atoms with van der Waals surface area (Å²) >= 11 is 0. The molecule has 2 aromatic carbocycles. The lowest BCUT2D eigenvalue weighted by atomic mass is 10.1. The van der Waals surface area contributed by atoms with E-state index in [1.54, 1.807) is 39.5 Å². The summed E-state index contributed by atoms with van der Waals surface area (Å²) in [6.07, 6.45) is 3.14. The smallest absolute Gasteiger partial charge is 0.221 e. The van der Waals surface area contributed by atoms with E-state index in [0.29, 0.717) is 23.1 Å². The Kier molecular flexibility index (Phi) is 4.70. The van der Waals surface area contributed by atoms with Gasteiger partial charge in [-0.05, 0) is 35.9 Å². The molecule has 0 aliphatic heterocycles. The van der Waals surface area contributed by atoms with Gasteiger partial charge in [0.2, 0.25) is 11.5 Å². The van der Waals surface area contributed by atoms with Crippen molar-refractivity contribution in [1.82, 2.24) is 9.97 Å². The topological polar surface area (TPSA) is 73.4 Å². The van der Waals surface area contributed by atoms with Crippen molar-refractivity contribution in [3.05, 3.63) is 53.9 Å². The maximum atomic E-state index is 12.4. The van der Waals surface area contributed by atoms with Crippen molar-refractivity contribution in [3.8, 4) is 17.2 Å². The average Bonchev–Trinajstić information content (AvgIpc) is 3.09. The highest BCUT2D eigenvalue weighted by Gasteiger charge is 2.13. The average molecular weight is 338 g/mol. The first-order valence-electron chi connectivity index (χ1n) is 7.63. The van der Waals surface area contributed by atoms with Crippen molar-refractivity contribution in [1.29, 1.82) is 0 Å². The van der Waals surface area contributed by atoms with E-state index in [0.717, 1.165) is 16.6 Å². The number of H-pyrrole nitrogens is 1. The third-order valence-electron chi connectivity index (χ3n) is 3.74. The fourth-order valence-corrected chi connectivity index (χ4v) is 2.52. The molecule has 1 aromatic heterocycles. The van der Waals surface area contributed by atoms with Crippen molar-refractivity contribution in [2.45, 2.75) is 0 Å². The SMILES string of the molecule is COc1cc(C=CC(=O)c2nc3ccccc3[nH]2)cc(OC)c1OC. The molecule has 0 fully saturated rings. The second-order valence-corrected chi connectivity index (χ2v) is 5.26. The minimum atomic E-state index is -0.218. The van der Waals surface area contributed by atoms with Gasteiger partial charge in [-0.2, -0.15) is 0 Å². The van der Waals surface area contributed by atoms with Crippen molar-refractivity contribution < 1.29 is 19.0 Å². The van der Waals surface area contributed by atoms with Crippen molar-refractivity contribution >= 4 is 22.9 Å². The van der Waals surface area contributed by atoms with E-state index in [1.807, 2.05) is 24.3 Å². The van der Waals surface area contributed by atoms with Gasteiger partial charge in [0.25, 0.3) is 0 Å². The van der Waals surface area contributed by atoms with Crippen LogP contribution >= 0.6 is 0 Å². The molecular weight excluding hydrogens is 320 g/mol. The number of aromatic nitrogens is 2. The van der Waals surface area contributed by atoms with Crippen molar-refractivity contribution in [2.75, 3.05) is 21.3 Å². The minimum absolute atomic E-state index is 0.218. The number of aromatic amines is 1. The summed E-state index contributed by atoms with van der Waals surface area (Å²) in [5, 5.41) is 0. The molecule has 1 N–H and O–H groups in total. The maximum absolute atomic E-state index is 12.4.